The Kier molecular flexibility index (Phi) is 7.71. The number of carbonyl (C=O) groups is 4. The van der Waals surface area contributed by atoms with Gasteiger partial charge in [0.1, 0.15) is 12.6 Å². The average Bonchev–Trinajstić information content (AvgIpc) is 2.34. The van der Waals surface area contributed by atoms with Gasteiger partial charge in [-0.3, -0.25) is 9.59 Å². The summed E-state index contributed by atoms with van der Waals surface area (Å²) < 4.78 is 4.67. The van der Waals surface area contributed by atoms with Crippen LogP contribution in [-0.2, 0) is 19.1 Å². The Bertz CT molecular complexity index is 383. The topological polar surface area (TPSA) is 133 Å². The van der Waals surface area contributed by atoms with Crippen LogP contribution in [0.2, 0.25) is 0 Å². The lowest BCUT2D eigenvalue weighted by atomic mass is 10.2. The Hall–Kier alpha value is -2.32. The second-order valence-electron chi connectivity index (χ2n) is 3.76. The number of hydrogen-bond acceptors (Lipinski definition) is 5. The maximum Gasteiger partial charge on any atom is 0.326 e. The van der Waals surface area contributed by atoms with Crippen molar-refractivity contribution in [2.45, 2.75) is 26.3 Å². The number of rotatable bonds is 8. The van der Waals surface area contributed by atoms with Crippen LogP contribution < -0.4 is 5.32 Å². The van der Waals surface area contributed by atoms with Crippen molar-refractivity contribution in [3.63, 3.8) is 0 Å². The fraction of sp³-hybridized carbons (Fsp3) is 0.636. The van der Waals surface area contributed by atoms with Gasteiger partial charge in [-0.25, -0.2) is 9.59 Å². The first-order valence-electron chi connectivity index (χ1n) is 5.97. The highest BCUT2D eigenvalue weighted by molar-refractivity contribution is 5.87. The predicted molar refractivity (Wildman–Crippen MR) is 66.1 cm³/mol. The molecule has 0 aliphatic heterocycles. The number of nitrogens with zero attached hydrogens (tertiary/aromatic N) is 1. The largest absolute Gasteiger partial charge is 0.481 e. The molecule has 20 heavy (non-hydrogen) atoms. The highest BCUT2D eigenvalue weighted by atomic mass is 16.5. The Balaban J connectivity index is 4.62. The molecular formula is C11H18N2O7. The number of ether oxygens (including phenoxy) is 1. The molecule has 0 aromatic rings. The third kappa shape index (κ3) is 6.57. The van der Waals surface area contributed by atoms with Gasteiger partial charge in [0.05, 0.1) is 13.0 Å². The molecular weight excluding hydrogens is 272 g/mol. The summed E-state index contributed by atoms with van der Waals surface area (Å²) in [5.74, 6) is -3.45. The average molecular weight is 290 g/mol. The van der Waals surface area contributed by atoms with E-state index in [9.17, 15) is 19.2 Å². The SMILES string of the molecule is CCOC(=O)CN(CC)C(=O)N[C@H](CC(=O)O)C(=O)O. The minimum atomic E-state index is -1.56. The number of nitrogens with one attached hydrogen (secondary N) is 1. The summed E-state index contributed by atoms with van der Waals surface area (Å²) in [7, 11) is 0. The van der Waals surface area contributed by atoms with Gasteiger partial charge in [-0.1, -0.05) is 0 Å². The van der Waals surface area contributed by atoms with Crippen LogP contribution >= 0.6 is 0 Å². The minimum Gasteiger partial charge on any atom is -0.481 e. The van der Waals surface area contributed by atoms with Crippen LogP contribution in [0.5, 0.6) is 0 Å². The number of hydrogen-bond donors (Lipinski definition) is 3. The van der Waals surface area contributed by atoms with Crippen LogP contribution in [0.15, 0.2) is 0 Å². The molecule has 9 nitrogen and oxygen atoms in total. The molecule has 1 atom stereocenters. The van der Waals surface area contributed by atoms with E-state index in [1.807, 2.05) is 5.32 Å². The first-order chi connectivity index (χ1) is 9.31. The van der Waals surface area contributed by atoms with E-state index < -0.39 is 36.4 Å². The lowest BCUT2D eigenvalue weighted by Gasteiger charge is -2.22. The zero-order valence-corrected chi connectivity index (χ0v) is 11.3. The number of esters is 1. The molecule has 0 aromatic carbocycles. The number of carboxylic acid groups (broad SMARTS) is 2. The zero-order chi connectivity index (χ0) is 15.7. The van der Waals surface area contributed by atoms with Crippen LogP contribution in [0.25, 0.3) is 0 Å². The van der Waals surface area contributed by atoms with Gasteiger partial charge in [-0.2, -0.15) is 0 Å². The van der Waals surface area contributed by atoms with Crippen molar-refractivity contribution in [3.8, 4) is 0 Å². The van der Waals surface area contributed by atoms with E-state index in [1.165, 1.54) is 0 Å². The van der Waals surface area contributed by atoms with Crippen molar-refractivity contribution in [2.75, 3.05) is 19.7 Å². The normalized spacial score (nSPS) is 11.3. The Morgan fingerprint density at radius 3 is 2.20 bits per heavy atom. The number of carbonyl (C=O) groups excluding carboxylic acids is 2. The van der Waals surface area contributed by atoms with Crippen LogP contribution in [0.1, 0.15) is 20.3 Å². The van der Waals surface area contributed by atoms with E-state index in [1.54, 1.807) is 13.8 Å². The molecule has 2 amide bonds. The minimum absolute atomic E-state index is 0.143. The molecule has 0 rings (SSSR count). The molecule has 0 aliphatic rings. The van der Waals surface area contributed by atoms with E-state index in [0.717, 1.165) is 4.90 Å². The van der Waals surface area contributed by atoms with Gasteiger partial charge in [0.25, 0.3) is 0 Å². The molecule has 0 aromatic heterocycles. The quantitative estimate of drug-likeness (QED) is 0.513. The van der Waals surface area contributed by atoms with E-state index in [-0.39, 0.29) is 19.7 Å². The number of amides is 2. The Morgan fingerprint density at radius 2 is 1.80 bits per heavy atom. The number of aliphatic carboxylic acids is 2. The molecule has 3 N–H and O–H groups in total. The summed E-state index contributed by atoms with van der Waals surface area (Å²) in [6.07, 6.45) is -0.752. The van der Waals surface area contributed by atoms with Crippen molar-refractivity contribution >= 4 is 23.9 Å². The second kappa shape index (κ2) is 8.73. The Labute approximate surface area is 115 Å². The highest BCUT2D eigenvalue weighted by Gasteiger charge is 2.26. The van der Waals surface area contributed by atoms with E-state index in [0.29, 0.717) is 0 Å². The lowest BCUT2D eigenvalue weighted by molar-refractivity contribution is -0.145. The van der Waals surface area contributed by atoms with E-state index >= 15 is 0 Å². The molecule has 0 heterocycles. The van der Waals surface area contributed by atoms with Crippen molar-refractivity contribution in [2.24, 2.45) is 0 Å². The van der Waals surface area contributed by atoms with Crippen molar-refractivity contribution < 1.29 is 34.1 Å². The van der Waals surface area contributed by atoms with Crippen LogP contribution in [-0.4, -0.2) is 64.8 Å². The molecule has 0 saturated heterocycles. The highest BCUT2D eigenvalue weighted by Crippen LogP contribution is 1.97. The monoisotopic (exact) mass is 290 g/mol. The molecule has 0 spiro atoms. The second-order valence-corrected chi connectivity index (χ2v) is 3.76. The lowest BCUT2D eigenvalue weighted by Crippen LogP contribution is -2.50. The van der Waals surface area contributed by atoms with E-state index in [4.69, 9.17) is 10.2 Å². The summed E-state index contributed by atoms with van der Waals surface area (Å²) in [5, 5.41) is 19.4. The van der Waals surface area contributed by atoms with Gasteiger partial charge >= 0.3 is 23.9 Å². The third-order valence-electron chi connectivity index (χ3n) is 2.27. The molecule has 0 fully saturated rings. The number of carboxylic acids is 2. The fourth-order valence-electron chi connectivity index (χ4n) is 1.30. The van der Waals surface area contributed by atoms with Gasteiger partial charge < -0.3 is 25.2 Å². The summed E-state index contributed by atoms with van der Waals surface area (Å²) in [5.41, 5.74) is 0. The molecule has 114 valence electrons. The van der Waals surface area contributed by atoms with Crippen LogP contribution in [0.3, 0.4) is 0 Å². The van der Waals surface area contributed by atoms with Gasteiger partial charge in [-0.05, 0) is 13.8 Å². The van der Waals surface area contributed by atoms with Gasteiger partial charge in [0, 0.05) is 6.54 Å². The fourth-order valence-corrected chi connectivity index (χ4v) is 1.30. The van der Waals surface area contributed by atoms with E-state index in [2.05, 4.69) is 4.74 Å². The molecule has 0 radical (unpaired) electrons. The van der Waals surface area contributed by atoms with Crippen molar-refractivity contribution in [3.05, 3.63) is 0 Å². The van der Waals surface area contributed by atoms with Crippen molar-refractivity contribution in [1.29, 1.82) is 0 Å². The molecule has 0 aliphatic carbocycles. The third-order valence-corrected chi connectivity index (χ3v) is 2.27. The summed E-state index contributed by atoms with van der Waals surface area (Å²) in [6, 6.07) is -2.40. The van der Waals surface area contributed by atoms with Gasteiger partial charge in [-0.15, -0.1) is 0 Å². The molecule has 9 heteroatoms. The zero-order valence-electron chi connectivity index (χ0n) is 11.3. The molecule has 0 saturated carbocycles. The smallest absolute Gasteiger partial charge is 0.326 e. The maximum absolute atomic E-state index is 11.8. The van der Waals surface area contributed by atoms with Crippen molar-refractivity contribution in [1.82, 2.24) is 10.2 Å². The molecule has 0 unspecified atom stereocenters. The predicted octanol–water partition coefficient (Wildman–Crippen LogP) is -0.491. The van der Waals surface area contributed by atoms with Gasteiger partial charge in [0.15, 0.2) is 0 Å². The summed E-state index contributed by atoms with van der Waals surface area (Å²) in [4.78, 5) is 45.4. The first kappa shape index (κ1) is 17.7. The summed E-state index contributed by atoms with van der Waals surface area (Å²) in [6.45, 7) is 3.17. The molecule has 0 bridgehead atoms. The van der Waals surface area contributed by atoms with Crippen LogP contribution in [0, 0.1) is 0 Å². The summed E-state index contributed by atoms with van der Waals surface area (Å²) >= 11 is 0. The maximum atomic E-state index is 11.8. The van der Waals surface area contributed by atoms with Gasteiger partial charge in [0.2, 0.25) is 0 Å². The first-order valence-corrected chi connectivity index (χ1v) is 5.97. The number of urea groups is 1. The van der Waals surface area contributed by atoms with Crippen LogP contribution in [0.4, 0.5) is 4.79 Å². The standard InChI is InChI=1S/C11H18N2O7/c1-3-13(6-9(16)20-4-2)11(19)12-7(10(17)18)5-8(14)15/h7H,3-6H2,1-2H3,(H,12,19)(H,14,15)(H,17,18)/t7-/m1/s1. The number of likely N-dealkylation sites (N-methyl/N-ethyl adjacent to an activating group) is 1. The Morgan fingerprint density at radius 1 is 1.20 bits per heavy atom.